The normalized spacial score (nSPS) is 10.8. The molecule has 4 heteroatoms. The van der Waals surface area contributed by atoms with Crippen LogP contribution in [0.5, 0.6) is 0 Å². The number of hydrogen-bond donors (Lipinski definition) is 2. The number of nitrogens with zero attached hydrogens (tertiary/aromatic N) is 1. The first-order chi connectivity index (χ1) is 7.88. The molecule has 0 spiro atoms. The molecule has 16 heavy (non-hydrogen) atoms. The van der Waals surface area contributed by atoms with Gasteiger partial charge in [-0.05, 0) is 18.1 Å². The molecule has 0 aromatic carbocycles. The summed E-state index contributed by atoms with van der Waals surface area (Å²) < 4.78 is 0. The number of hydrogen-bond acceptors (Lipinski definition) is 3. The first-order valence-corrected chi connectivity index (χ1v) is 6.46. The minimum absolute atomic E-state index is 0.926. The topological polar surface area (TPSA) is 40.7 Å². The Kier molecular flexibility index (Phi) is 4.13. The van der Waals surface area contributed by atoms with Gasteiger partial charge in [-0.2, -0.15) is 0 Å². The Labute approximate surface area is 99.9 Å². The molecule has 0 aliphatic carbocycles. The van der Waals surface area contributed by atoms with Crippen molar-refractivity contribution in [3.8, 4) is 0 Å². The van der Waals surface area contributed by atoms with Crippen LogP contribution in [-0.2, 0) is 19.4 Å². The van der Waals surface area contributed by atoms with Crippen LogP contribution >= 0.6 is 11.3 Å². The molecule has 0 atom stereocenters. The average molecular weight is 235 g/mol. The Balaban J connectivity index is 1.68. The summed E-state index contributed by atoms with van der Waals surface area (Å²) in [7, 11) is 0. The Morgan fingerprint density at radius 1 is 1.50 bits per heavy atom. The second kappa shape index (κ2) is 5.82. The van der Waals surface area contributed by atoms with Crippen LogP contribution in [0.3, 0.4) is 0 Å². The van der Waals surface area contributed by atoms with Crippen molar-refractivity contribution in [3.05, 3.63) is 40.1 Å². The maximum atomic E-state index is 4.39. The summed E-state index contributed by atoms with van der Waals surface area (Å²) in [6.07, 6.45) is 8.08. The highest BCUT2D eigenvalue weighted by atomic mass is 32.1. The molecule has 0 saturated carbocycles. The lowest BCUT2D eigenvalue weighted by Gasteiger charge is -2.00. The summed E-state index contributed by atoms with van der Waals surface area (Å²) in [5, 5.41) is 4.64. The number of thiazole rings is 1. The van der Waals surface area contributed by atoms with Crippen molar-refractivity contribution in [1.29, 1.82) is 0 Å². The van der Waals surface area contributed by atoms with Crippen LogP contribution in [0.15, 0.2) is 24.7 Å². The summed E-state index contributed by atoms with van der Waals surface area (Å²) in [6.45, 7) is 4.08. The molecule has 3 nitrogen and oxygen atoms in total. The van der Waals surface area contributed by atoms with E-state index >= 15 is 0 Å². The zero-order valence-corrected chi connectivity index (χ0v) is 10.3. The first kappa shape index (κ1) is 11.4. The Morgan fingerprint density at radius 3 is 3.12 bits per heavy atom. The standard InChI is InChI=1S/C12H17N3S/c1-2-11-9-15-12(16-11)4-6-14-8-10-3-5-13-7-10/h3,5,7,9,13-14H,2,4,6,8H2,1H3. The predicted molar refractivity (Wildman–Crippen MR) is 67.7 cm³/mol. The third-order valence-corrected chi connectivity index (χ3v) is 3.66. The summed E-state index contributed by atoms with van der Waals surface area (Å²) in [5.74, 6) is 0. The van der Waals surface area contributed by atoms with Gasteiger partial charge in [0.2, 0.25) is 0 Å². The van der Waals surface area contributed by atoms with Crippen LogP contribution in [0.4, 0.5) is 0 Å². The molecule has 0 saturated heterocycles. The maximum Gasteiger partial charge on any atom is 0.0940 e. The molecule has 2 aromatic heterocycles. The molecule has 0 amide bonds. The van der Waals surface area contributed by atoms with Crippen LogP contribution in [-0.4, -0.2) is 16.5 Å². The van der Waals surface area contributed by atoms with E-state index in [1.807, 2.05) is 29.9 Å². The molecule has 2 N–H and O–H groups in total. The number of aromatic nitrogens is 2. The van der Waals surface area contributed by atoms with E-state index in [0.29, 0.717) is 0 Å². The van der Waals surface area contributed by atoms with Gasteiger partial charge in [0.25, 0.3) is 0 Å². The fraction of sp³-hybridized carbons (Fsp3) is 0.417. The first-order valence-electron chi connectivity index (χ1n) is 5.64. The monoisotopic (exact) mass is 235 g/mol. The van der Waals surface area contributed by atoms with E-state index < -0.39 is 0 Å². The van der Waals surface area contributed by atoms with Crippen molar-refractivity contribution in [2.45, 2.75) is 26.3 Å². The molecular formula is C12H17N3S. The van der Waals surface area contributed by atoms with Gasteiger partial charge in [0, 0.05) is 43.0 Å². The van der Waals surface area contributed by atoms with Gasteiger partial charge in [-0.25, -0.2) is 4.98 Å². The van der Waals surface area contributed by atoms with Crippen LogP contribution in [0.25, 0.3) is 0 Å². The van der Waals surface area contributed by atoms with Gasteiger partial charge in [0.05, 0.1) is 5.01 Å². The molecule has 86 valence electrons. The van der Waals surface area contributed by atoms with Gasteiger partial charge < -0.3 is 10.3 Å². The summed E-state index contributed by atoms with van der Waals surface area (Å²) in [6, 6.07) is 2.09. The molecule has 0 aliphatic heterocycles. The summed E-state index contributed by atoms with van der Waals surface area (Å²) >= 11 is 1.82. The van der Waals surface area contributed by atoms with E-state index in [0.717, 1.165) is 25.9 Å². The van der Waals surface area contributed by atoms with E-state index in [2.05, 4.69) is 28.3 Å². The van der Waals surface area contributed by atoms with Gasteiger partial charge in [0.1, 0.15) is 0 Å². The summed E-state index contributed by atoms with van der Waals surface area (Å²) in [4.78, 5) is 8.82. The lowest BCUT2D eigenvalue weighted by molar-refractivity contribution is 0.686. The Hall–Kier alpha value is -1.13. The number of H-pyrrole nitrogens is 1. The maximum absolute atomic E-state index is 4.39. The quantitative estimate of drug-likeness (QED) is 0.755. The van der Waals surface area contributed by atoms with Crippen LogP contribution in [0.2, 0.25) is 0 Å². The zero-order valence-electron chi connectivity index (χ0n) is 9.49. The number of aromatic amines is 1. The van der Waals surface area contributed by atoms with E-state index in [9.17, 15) is 0 Å². The van der Waals surface area contributed by atoms with Crippen molar-refractivity contribution in [3.63, 3.8) is 0 Å². The molecule has 2 rings (SSSR count). The number of nitrogens with one attached hydrogen (secondary N) is 2. The Morgan fingerprint density at radius 2 is 2.44 bits per heavy atom. The van der Waals surface area contributed by atoms with Gasteiger partial charge >= 0.3 is 0 Å². The Bertz CT molecular complexity index is 406. The van der Waals surface area contributed by atoms with Gasteiger partial charge in [-0.3, -0.25) is 0 Å². The molecule has 0 fully saturated rings. The highest BCUT2D eigenvalue weighted by Gasteiger charge is 2.00. The molecule has 0 aliphatic rings. The molecule has 2 aromatic rings. The third kappa shape index (κ3) is 3.18. The lowest BCUT2D eigenvalue weighted by Crippen LogP contribution is -2.16. The molecule has 0 unspecified atom stereocenters. The fourth-order valence-electron chi connectivity index (χ4n) is 1.52. The van der Waals surface area contributed by atoms with Crippen molar-refractivity contribution >= 4 is 11.3 Å². The van der Waals surface area contributed by atoms with E-state index in [4.69, 9.17) is 0 Å². The SMILES string of the molecule is CCc1cnc(CCNCc2cc[nH]c2)s1. The largest absolute Gasteiger partial charge is 0.367 e. The minimum atomic E-state index is 0.926. The molecule has 0 bridgehead atoms. The minimum Gasteiger partial charge on any atom is -0.367 e. The second-order valence-corrected chi connectivity index (χ2v) is 4.92. The fourth-order valence-corrected chi connectivity index (χ4v) is 2.39. The van der Waals surface area contributed by atoms with Crippen LogP contribution < -0.4 is 5.32 Å². The van der Waals surface area contributed by atoms with Crippen LogP contribution in [0.1, 0.15) is 22.4 Å². The lowest BCUT2D eigenvalue weighted by atomic mass is 10.3. The average Bonchev–Trinajstić information content (AvgIpc) is 2.95. The molecular weight excluding hydrogens is 218 g/mol. The third-order valence-electron chi connectivity index (χ3n) is 2.46. The predicted octanol–water partition coefficient (Wildman–Crippen LogP) is 2.37. The molecule has 0 radical (unpaired) electrons. The van der Waals surface area contributed by atoms with Crippen molar-refractivity contribution < 1.29 is 0 Å². The second-order valence-electron chi connectivity index (χ2n) is 3.72. The van der Waals surface area contributed by atoms with E-state index in [1.54, 1.807) is 0 Å². The number of aryl methyl sites for hydroxylation is 1. The van der Waals surface area contributed by atoms with E-state index in [1.165, 1.54) is 15.4 Å². The van der Waals surface area contributed by atoms with Crippen molar-refractivity contribution in [2.24, 2.45) is 0 Å². The van der Waals surface area contributed by atoms with Gasteiger partial charge in [0.15, 0.2) is 0 Å². The van der Waals surface area contributed by atoms with Crippen LogP contribution in [0, 0.1) is 0 Å². The van der Waals surface area contributed by atoms with Gasteiger partial charge in [-0.15, -0.1) is 11.3 Å². The highest BCUT2D eigenvalue weighted by Crippen LogP contribution is 2.13. The van der Waals surface area contributed by atoms with E-state index in [-0.39, 0.29) is 0 Å². The number of rotatable bonds is 6. The summed E-state index contributed by atoms with van der Waals surface area (Å²) in [5.41, 5.74) is 1.30. The highest BCUT2D eigenvalue weighted by molar-refractivity contribution is 7.11. The molecule has 2 heterocycles. The zero-order chi connectivity index (χ0) is 11.2. The smallest absolute Gasteiger partial charge is 0.0940 e. The van der Waals surface area contributed by atoms with Gasteiger partial charge in [-0.1, -0.05) is 6.92 Å². The van der Waals surface area contributed by atoms with Crippen molar-refractivity contribution in [1.82, 2.24) is 15.3 Å². The van der Waals surface area contributed by atoms with Crippen molar-refractivity contribution in [2.75, 3.05) is 6.54 Å².